The molecule has 1 heterocycles. The summed E-state index contributed by atoms with van der Waals surface area (Å²) in [6.45, 7) is 1.92. The van der Waals surface area contributed by atoms with Crippen LogP contribution in [0.4, 0.5) is 5.69 Å². The normalized spacial score (nSPS) is 10.5. The number of nitrogens with two attached hydrogens (primary N) is 1. The van der Waals surface area contributed by atoms with Crippen molar-refractivity contribution in [2.75, 3.05) is 5.73 Å². The van der Waals surface area contributed by atoms with Crippen LogP contribution in [0.5, 0.6) is 5.75 Å². The zero-order valence-corrected chi connectivity index (χ0v) is 7.28. The number of fused-ring (bicyclic) bond motifs is 1. The summed E-state index contributed by atoms with van der Waals surface area (Å²) in [5, 5.41) is 11.2. The van der Waals surface area contributed by atoms with Crippen molar-refractivity contribution in [2.45, 2.75) is 6.92 Å². The van der Waals surface area contributed by atoms with Crippen LogP contribution in [0.3, 0.4) is 0 Å². The number of nitrogen functional groups attached to an aromatic ring is 1. The van der Waals surface area contributed by atoms with Crippen molar-refractivity contribution in [1.82, 2.24) is 4.98 Å². The maximum atomic E-state index is 9.36. The third kappa shape index (κ3) is 1.09. The summed E-state index contributed by atoms with van der Waals surface area (Å²) < 4.78 is 0. The molecule has 0 amide bonds. The number of hydrogen-bond donors (Lipinski definition) is 2. The van der Waals surface area contributed by atoms with E-state index < -0.39 is 0 Å². The lowest BCUT2D eigenvalue weighted by atomic mass is 10.1. The van der Waals surface area contributed by atoms with Gasteiger partial charge in [-0.05, 0) is 25.1 Å². The molecule has 1 aromatic carbocycles. The zero-order valence-electron chi connectivity index (χ0n) is 7.28. The number of nitrogens with zero attached hydrogens (tertiary/aromatic N) is 1. The van der Waals surface area contributed by atoms with E-state index in [0.29, 0.717) is 5.69 Å². The molecule has 2 rings (SSSR count). The maximum Gasteiger partial charge on any atom is 0.139 e. The lowest BCUT2D eigenvalue weighted by Crippen LogP contribution is -1.90. The summed E-state index contributed by atoms with van der Waals surface area (Å²) in [4.78, 5) is 4.14. The van der Waals surface area contributed by atoms with Crippen molar-refractivity contribution >= 4 is 16.5 Å². The van der Waals surface area contributed by atoms with Crippen molar-refractivity contribution in [3.8, 4) is 5.75 Å². The van der Waals surface area contributed by atoms with Gasteiger partial charge in [-0.3, -0.25) is 4.98 Å². The molecular formula is C10H10N2O. The van der Waals surface area contributed by atoms with Crippen LogP contribution in [0.1, 0.15) is 5.69 Å². The van der Waals surface area contributed by atoms with E-state index in [1.807, 2.05) is 13.0 Å². The van der Waals surface area contributed by atoms with Crippen LogP contribution < -0.4 is 5.73 Å². The van der Waals surface area contributed by atoms with E-state index >= 15 is 0 Å². The first-order valence-electron chi connectivity index (χ1n) is 4.03. The smallest absolute Gasteiger partial charge is 0.139 e. The van der Waals surface area contributed by atoms with E-state index in [4.69, 9.17) is 5.73 Å². The Labute approximate surface area is 75.8 Å². The van der Waals surface area contributed by atoms with Gasteiger partial charge >= 0.3 is 0 Å². The Balaban J connectivity index is 2.94. The van der Waals surface area contributed by atoms with Crippen LogP contribution in [-0.4, -0.2) is 10.1 Å². The molecule has 0 atom stereocenters. The number of pyridine rings is 1. The first-order valence-corrected chi connectivity index (χ1v) is 4.03. The van der Waals surface area contributed by atoms with Crippen LogP contribution in [0.15, 0.2) is 24.4 Å². The van der Waals surface area contributed by atoms with E-state index in [1.165, 1.54) is 0 Å². The lowest BCUT2D eigenvalue weighted by Gasteiger charge is -2.05. The predicted molar refractivity (Wildman–Crippen MR) is 52.6 cm³/mol. The molecule has 0 radical (unpaired) electrons. The average Bonchev–Trinajstić information content (AvgIpc) is 2.12. The molecule has 2 aromatic rings. The summed E-state index contributed by atoms with van der Waals surface area (Å²) >= 11 is 0. The summed E-state index contributed by atoms with van der Waals surface area (Å²) in [7, 11) is 0. The highest BCUT2D eigenvalue weighted by atomic mass is 16.3. The number of anilines is 1. The lowest BCUT2D eigenvalue weighted by molar-refractivity contribution is 0.478. The van der Waals surface area contributed by atoms with Gasteiger partial charge < -0.3 is 10.8 Å². The maximum absolute atomic E-state index is 9.36. The molecular weight excluding hydrogens is 164 g/mol. The van der Waals surface area contributed by atoms with Crippen molar-refractivity contribution in [1.29, 1.82) is 0 Å². The van der Waals surface area contributed by atoms with Gasteiger partial charge in [0.25, 0.3) is 0 Å². The van der Waals surface area contributed by atoms with Gasteiger partial charge in [0.1, 0.15) is 5.75 Å². The van der Waals surface area contributed by atoms with Crippen LogP contribution in [0.25, 0.3) is 10.8 Å². The van der Waals surface area contributed by atoms with Crippen LogP contribution in [0.2, 0.25) is 0 Å². The fraction of sp³-hybridized carbons (Fsp3) is 0.100. The molecule has 3 heteroatoms. The summed E-state index contributed by atoms with van der Waals surface area (Å²) in [6.07, 6.45) is 1.69. The van der Waals surface area contributed by atoms with Gasteiger partial charge in [0.15, 0.2) is 0 Å². The third-order valence-electron chi connectivity index (χ3n) is 2.16. The SMILES string of the molecule is Cc1nccc2c(N)c(O)ccc12. The van der Waals surface area contributed by atoms with Crippen LogP contribution in [0, 0.1) is 6.92 Å². The Morgan fingerprint density at radius 1 is 1.23 bits per heavy atom. The van der Waals surface area contributed by atoms with Gasteiger partial charge in [0, 0.05) is 22.7 Å². The molecule has 66 valence electrons. The molecule has 0 aliphatic rings. The number of rotatable bonds is 0. The summed E-state index contributed by atoms with van der Waals surface area (Å²) in [6, 6.07) is 5.22. The van der Waals surface area contributed by atoms with Crippen LogP contribution in [-0.2, 0) is 0 Å². The second-order valence-electron chi connectivity index (χ2n) is 2.99. The quantitative estimate of drug-likeness (QED) is 0.473. The minimum Gasteiger partial charge on any atom is -0.506 e. The van der Waals surface area contributed by atoms with Gasteiger partial charge in [-0.25, -0.2) is 0 Å². The monoisotopic (exact) mass is 174 g/mol. The molecule has 0 aliphatic carbocycles. The van der Waals surface area contributed by atoms with Gasteiger partial charge in [-0.15, -0.1) is 0 Å². The number of aryl methyl sites for hydroxylation is 1. The Hall–Kier alpha value is -1.77. The minimum atomic E-state index is 0.123. The fourth-order valence-corrected chi connectivity index (χ4v) is 1.41. The fourth-order valence-electron chi connectivity index (χ4n) is 1.41. The zero-order chi connectivity index (χ0) is 9.42. The van der Waals surface area contributed by atoms with E-state index in [0.717, 1.165) is 16.5 Å². The van der Waals surface area contributed by atoms with Gasteiger partial charge in [0.2, 0.25) is 0 Å². The van der Waals surface area contributed by atoms with E-state index in [1.54, 1.807) is 18.3 Å². The van der Waals surface area contributed by atoms with Crippen molar-refractivity contribution in [2.24, 2.45) is 0 Å². The molecule has 0 bridgehead atoms. The molecule has 0 saturated heterocycles. The summed E-state index contributed by atoms with van der Waals surface area (Å²) in [5.41, 5.74) is 7.05. The number of aromatic nitrogens is 1. The van der Waals surface area contributed by atoms with E-state index in [-0.39, 0.29) is 5.75 Å². The second-order valence-corrected chi connectivity index (χ2v) is 2.99. The first-order chi connectivity index (χ1) is 6.20. The first kappa shape index (κ1) is 7.86. The van der Waals surface area contributed by atoms with Gasteiger partial charge in [-0.2, -0.15) is 0 Å². The van der Waals surface area contributed by atoms with Crippen molar-refractivity contribution in [3.63, 3.8) is 0 Å². The third-order valence-corrected chi connectivity index (χ3v) is 2.16. The number of hydrogen-bond acceptors (Lipinski definition) is 3. The Kier molecular flexibility index (Phi) is 1.59. The largest absolute Gasteiger partial charge is 0.506 e. The van der Waals surface area contributed by atoms with Crippen molar-refractivity contribution in [3.05, 3.63) is 30.1 Å². The van der Waals surface area contributed by atoms with E-state index in [9.17, 15) is 5.11 Å². The molecule has 0 spiro atoms. The Morgan fingerprint density at radius 2 is 2.00 bits per heavy atom. The van der Waals surface area contributed by atoms with E-state index in [2.05, 4.69) is 4.98 Å². The standard InChI is InChI=1S/C10H10N2O/c1-6-7-2-3-9(13)10(11)8(7)4-5-12-6/h2-5,13H,11H2,1H3. The molecule has 3 N–H and O–H groups in total. The minimum absolute atomic E-state index is 0.123. The molecule has 0 unspecified atom stereocenters. The highest BCUT2D eigenvalue weighted by molar-refractivity contribution is 5.96. The second kappa shape index (κ2) is 2.62. The van der Waals surface area contributed by atoms with Gasteiger partial charge in [0.05, 0.1) is 5.69 Å². The predicted octanol–water partition coefficient (Wildman–Crippen LogP) is 1.83. The molecule has 0 fully saturated rings. The summed E-state index contributed by atoms with van der Waals surface area (Å²) in [5.74, 6) is 0.123. The number of benzene rings is 1. The molecule has 13 heavy (non-hydrogen) atoms. The number of phenols is 1. The Morgan fingerprint density at radius 3 is 2.77 bits per heavy atom. The highest BCUT2D eigenvalue weighted by Crippen LogP contribution is 2.29. The molecule has 0 aliphatic heterocycles. The Bertz CT molecular complexity index is 466. The molecule has 3 nitrogen and oxygen atoms in total. The molecule has 0 saturated carbocycles. The number of aromatic hydroxyl groups is 1. The van der Waals surface area contributed by atoms with Gasteiger partial charge in [-0.1, -0.05) is 0 Å². The van der Waals surface area contributed by atoms with Crippen LogP contribution >= 0.6 is 0 Å². The molecule has 1 aromatic heterocycles. The average molecular weight is 174 g/mol. The number of phenolic OH excluding ortho intramolecular Hbond substituents is 1. The highest BCUT2D eigenvalue weighted by Gasteiger charge is 2.04. The topological polar surface area (TPSA) is 59.1 Å². The van der Waals surface area contributed by atoms with Crippen molar-refractivity contribution < 1.29 is 5.11 Å².